The van der Waals surface area contributed by atoms with Gasteiger partial charge in [0.2, 0.25) is 0 Å². The van der Waals surface area contributed by atoms with Crippen molar-refractivity contribution >= 4 is 38.8 Å². The Morgan fingerprint density at radius 3 is 2.47 bits per heavy atom. The van der Waals surface area contributed by atoms with E-state index in [4.69, 9.17) is 18.0 Å². The van der Waals surface area contributed by atoms with Crippen molar-refractivity contribution in [2.24, 2.45) is 5.73 Å². The van der Waals surface area contributed by atoms with Crippen molar-refractivity contribution < 1.29 is 0 Å². The van der Waals surface area contributed by atoms with Crippen LogP contribution in [0.4, 0.5) is 5.69 Å². The number of thiocarbonyl (C=S) groups is 1. The molecule has 0 saturated carbocycles. The predicted octanol–water partition coefficient (Wildman–Crippen LogP) is 2.93. The standard InChI is InChI=1S/C11H15BrN2S/c1-3-14(4-2)9-7-5-6-8(12)10(9)11(13)15/h5-7H,3-4H2,1-2H3,(H2,13,15). The Balaban J connectivity index is 3.27. The van der Waals surface area contributed by atoms with E-state index in [1.54, 1.807) is 0 Å². The van der Waals surface area contributed by atoms with Crippen LogP contribution in [0.25, 0.3) is 0 Å². The van der Waals surface area contributed by atoms with Crippen molar-refractivity contribution in [3.63, 3.8) is 0 Å². The Bertz CT molecular complexity index is 362. The SMILES string of the molecule is CCN(CC)c1cccc(Br)c1C(N)=S. The van der Waals surface area contributed by atoms with Gasteiger partial charge < -0.3 is 10.6 Å². The summed E-state index contributed by atoms with van der Waals surface area (Å²) in [6, 6.07) is 6.01. The van der Waals surface area contributed by atoms with Gasteiger partial charge in [-0.2, -0.15) is 0 Å². The van der Waals surface area contributed by atoms with Gasteiger partial charge in [-0.1, -0.05) is 18.3 Å². The molecule has 1 aromatic rings. The molecule has 0 radical (unpaired) electrons. The summed E-state index contributed by atoms with van der Waals surface area (Å²) in [5.74, 6) is 0. The van der Waals surface area contributed by atoms with E-state index >= 15 is 0 Å². The van der Waals surface area contributed by atoms with Crippen molar-refractivity contribution in [3.8, 4) is 0 Å². The van der Waals surface area contributed by atoms with E-state index in [1.807, 2.05) is 18.2 Å². The number of halogens is 1. The first-order valence-corrected chi connectivity index (χ1v) is 6.15. The zero-order chi connectivity index (χ0) is 11.4. The summed E-state index contributed by atoms with van der Waals surface area (Å²) in [5, 5.41) is 0. The molecule has 1 aromatic carbocycles. The summed E-state index contributed by atoms with van der Waals surface area (Å²) >= 11 is 8.55. The first kappa shape index (κ1) is 12.5. The highest BCUT2D eigenvalue weighted by molar-refractivity contribution is 9.10. The lowest BCUT2D eigenvalue weighted by molar-refractivity contribution is 0.865. The van der Waals surface area contributed by atoms with Gasteiger partial charge in [-0.05, 0) is 41.9 Å². The van der Waals surface area contributed by atoms with Crippen LogP contribution >= 0.6 is 28.1 Å². The largest absolute Gasteiger partial charge is 0.389 e. The fourth-order valence-corrected chi connectivity index (χ4v) is 2.50. The highest BCUT2D eigenvalue weighted by atomic mass is 79.9. The summed E-state index contributed by atoms with van der Waals surface area (Å²) in [7, 11) is 0. The fourth-order valence-electron chi connectivity index (χ4n) is 1.58. The Morgan fingerprint density at radius 1 is 1.40 bits per heavy atom. The van der Waals surface area contributed by atoms with Crippen LogP contribution in [-0.2, 0) is 0 Å². The number of hydrogen-bond donors (Lipinski definition) is 1. The van der Waals surface area contributed by atoms with E-state index < -0.39 is 0 Å². The van der Waals surface area contributed by atoms with Crippen LogP contribution in [0, 0.1) is 0 Å². The number of benzene rings is 1. The lowest BCUT2D eigenvalue weighted by atomic mass is 10.1. The second-order valence-electron chi connectivity index (χ2n) is 3.17. The third-order valence-electron chi connectivity index (χ3n) is 2.34. The zero-order valence-electron chi connectivity index (χ0n) is 8.96. The summed E-state index contributed by atoms with van der Waals surface area (Å²) in [5.41, 5.74) is 7.76. The predicted molar refractivity (Wildman–Crippen MR) is 73.6 cm³/mol. The molecule has 0 aromatic heterocycles. The molecule has 4 heteroatoms. The van der Waals surface area contributed by atoms with Gasteiger partial charge in [-0.3, -0.25) is 0 Å². The molecule has 1 rings (SSSR count). The molecule has 0 spiro atoms. The molecule has 0 atom stereocenters. The smallest absolute Gasteiger partial charge is 0.107 e. The second-order valence-corrected chi connectivity index (χ2v) is 4.46. The van der Waals surface area contributed by atoms with Gasteiger partial charge in [0.05, 0.1) is 0 Å². The zero-order valence-corrected chi connectivity index (χ0v) is 11.4. The number of anilines is 1. The van der Waals surface area contributed by atoms with Gasteiger partial charge in [-0.15, -0.1) is 0 Å². The maximum atomic E-state index is 5.74. The minimum absolute atomic E-state index is 0.435. The highest BCUT2D eigenvalue weighted by Crippen LogP contribution is 2.27. The summed E-state index contributed by atoms with van der Waals surface area (Å²) < 4.78 is 0.958. The summed E-state index contributed by atoms with van der Waals surface area (Å²) in [6.07, 6.45) is 0. The van der Waals surface area contributed by atoms with Crippen LogP contribution in [0.1, 0.15) is 19.4 Å². The Kier molecular flexibility index (Phi) is 4.54. The number of rotatable bonds is 4. The number of nitrogens with two attached hydrogens (primary N) is 1. The van der Waals surface area contributed by atoms with Gasteiger partial charge in [0.15, 0.2) is 0 Å². The average molecular weight is 287 g/mol. The molecule has 0 unspecified atom stereocenters. The first-order chi connectivity index (χ1) is 7.11. The molecule has 0 bridgehead atoms. The van der Waals surface area contributed by atoms with Crippen LogP contribution in [0.15, 0.2) is 22.7 Å². The molecule has 82 valence electrons. The van der Waals surface area contributed by atoms with Gasteiger partial charge in [0, 0.05) is 28.8 Å². The van der Waals surface area contributed by atoms with Crippen molar-refractivity contribution in [2.45, 2.75) is 13.8 Å². The molecule has 0 aliphatic heterocycles. The quantitative estimate of drug-likeness (QED) is 0.863. The van der Waals surface area contributed by atoms with Crippen molar-refractivity contribution in [1.29, 1.82) is 0 Å². The monoisotopic (exact) mass is 286 g/mol. The fraction of sp³-hybridized carbons (Fsp3) is 0.364. The maximum absolute atomic E-state index is 5.74. The molecule has 0 heterocycles. The lowest BCUT2D eigenvalue weighted by Crippen LogP contribution is -2.25. The second kappa shape index (κ2) is 5.47. The topological polar surface area (TPSA) is 29.3 Å². The van der Waals surface area contributed by atoms with E-state index in [1.165, 1.54) is 0 Å². The Morgan fingerprint density at radius 2 is 2.00 bits per heavy atom. The van der Waals surface area contributed by atoms with Crippen molar-refractivity contribution in [3.05, 3.63) is 28.2 Å². The average Bonchev–Trinajstić information content (AvgIpc) is 2.19. The van der Waals surface area contributed by atoms with Crippen LogP contribution in [-0.4, -0.2) is 18.1 Å². The molecule has 0 saturated heterocycles. The van der Waals surface area contributed by atoms with Crippen molar-refractivity contribution in [1.82, 2.24) is 0 Å². The molecular weight excluding hydrogens is 272 g/mol. The van der Waals surface area contributed by atoms with E-state index in [0.29, 0.717) is 4.99 Å². The van der Waals surface area contributed by atoms with E-state index in [2.05, 4.69) is 34.7 Å². The van der Waals surface area contributed by atoms with Crippen LogP contribution in [0.5, 0.6) is 0 Å². The van der Waals surface area contributed by atoms with Gasteiger partial charge >= 0.3 is 0 Å². The van der Waals surface area contributed by atoms with Gasteiger partial charge in [0.1, 0.15) is 4.99 Å². The molecular formula is C11H15BrN2S. The van der Waals surface area contributed by atoms with Gasteiger partial charge in [-0.25, -0.2) is 0 Å². The van der Waals surface area contributed by atoms with Gasteiger partial charge in [0.25, 0.3) is 0 Å². The maximum Gasteiger partial charge on any atom is 0.107 e. The Labute approximate surface area is 105 Å². The molecule has 2 N–H and O–H groups in total. The van der Waals surface area contributed by atoms with E-state index in [0.717, 1.165) is 28.8 Å². The molecule has 0 aliphatic carbocycles. The number of hydrogen-bond acceptors (Lipinski definition) is 2. The van der Waals surface area contributed by atoms with Crippen molar-refractivity contribution in [2.75, 3.05) is 18.0 Å². The third-order valence-corrected chi connectivity index (χ3v) is 3.21. The van der Waals surface area contributed by atoms with E-state index in [-0.39, 0.29) is 0 Å². The Hall–Kier alpha value is -0.610. The highest BCUT2D eigenvalue weighted by Gasteiger charge is 2.12. The molecule has 0 amide bonds. The minimum Gasteiger partial charge on any atom is -0.389 e. The summed E-state index contributed by atoms with van der Waals surface area (Å²) in [6.45, 7) is 6.13. The normalized spacial score (nSPS) is 10.1. The van der Waals surface area contributed by atoms with Crippen LogP contribution in [0.3, 0.4) is 0 Å². The first-order valence-electron chi connectivity index (χ1n) is 4.95. The van der Waals surface area contributed by atoms with E-state index in [9.17, 15) is 0 Å². The molecule has 2 nitrogen and oxygen atoms in total. The lowest BCUT2D eigenvalue weighted by Gasteiger charge is -2.24. The number of nitrogens with zero attached hydrogens (tertiary/aromatic N) is 1. The van der Waals surface area contributed by atoms with Crippen LogP contribution in [0.2, 0.25) is 0 Å². The third kappa shape index (κ3) is 2.69. The molecule has 15 heavy (non-hydrogen) atoms. The molecule has 0 fully saturated rings. The summed E-state index contributed by atoms with van der Waals surface area (Å²) in [4.78, 5) is 2.67. The minimum atomic E-state index is 0.435. The van der Waals surface area contributed by atoms with Crippen LogP contribution < -0.4 is 10.6 Å². The molecule has 0 aliphatic rings.